The molecular weight excluding hydrogens is 132 g/mol. The van der Waals surface area contributed by atoms with Crippen LogP contribution in [0.5, 0.6) is 0 Å². The minimum Gasteiger partial charge on any atom is -0.211 e. The van der Waals surface area contributed by atoms with E-state index in [1.54, 1.807) is 0 Å². The number of rotatable bonds is 0. The molecule has 0 aliphatic heterocycles. The lowest BCUT2D eigenvalue weighted by Gasteiger charge is -1.75. The van der Waals surface area contributed by atoms with Crippen LogP contribution < -0.4 is 0 Å². The average Bonchev–Trinajstić information content (AvgIpc) is 0.722. The van der Waals surface area contributed by atoms with Gasteiger partial charge in [0.05, 0.1) is 0 Å². The smallest absolute Gasteiger partial charge is 0.211 e. The summed E-state index contributed by atoms with van der Waals surface area (Å²) in [6, 6.07) is 0. The number of hydrogen-bond acceptors (Lipinski definition) is 0. The van der Waals surface area contributed by atoms with Crippen LogP contribution in [0, 0.1) is 0 Å². The predicted molar refractivity (Wildman–Crippen MR) is 21.5 cm³/mol. The van der Waals surface area contributed by atoms with Crippen molar-refractivity contribution >= 4 is 20.4 Å². The van der Waals surface area contributed by atoms with Crippen molar-refractivity contribution in [1.29, 1.82) is 0 Å². The summed E-state index contributed by atoms with van der Waals surface area (Å²) < 4.78 is 39.3. The van der Waals surface area contributed by atoms with Crippen LogP contribution in [0.4, 0.5) is 16.4 Å². The Morgan fingerprint density at radius 1 is 0.833 bits per heavy atom. The third-order valence-corrected chi connectivity index (χ3v) is 0. The second-order valence-electron chi connectivity index (χ2n) is 0.429. The molecule has 6 heavy (non-hydrogen) atoms. The fourth-order valence-corrected chi connectivity index (χ4v) is 0. The van der Waals surface area contributed by atoms with Crippen LogP contribution in [0.2, 0.25) is 0 Å². The highest BCUT2D eigenvalue weighted by atomic mass is 28.5. The van der Waals surface area contributed by atoms with Gasteiger partial charge in [0.1, 0.15) is 0 Å². The van der Waals surface area contributed by atoms with Gasteiger partial charge < -0.3 is 0 Å². The zero-order valence-electron chi connectivity index (χ0n) is 2.01. The molecule has 0 bridgehead atoms. The lowest BCUT2D eigenvalue weighted by molar-refractivity contribution is 0.368. The highest BCUT2D eigenvalue weighted by molar-refractivity contribution is 6.50. The minimum atomic E-state index is -6.61. The number of hydrogen-bond donors (Lipinski definition) is 0. The molecule has 0 aliphatic rings. The van der Waals surface area contributed by atoms with E-state index in [0.717, 1.165) is 0 Å². The van der Waals surface area contributed by atoms with Crippen LogP contribution in [0.15, 0.2) is 0 Å². The molecule has 6 heteroatoms. The Labute approximate surface area is 37.9 Å². The molecule has 0 nitrogen and oxygen atoms in total. The van der Waals surface area contributed by atoms with Crippen molar-refractivity contribution in [2.24, 2.45) is 0 Å². The molecule has 0 radical (unpaired) electrons. The second kappa shape index (κ2) is 2.35. The van der Waals surface area contributed by atoms with Crippen LogP contribution in [0.3, 0.4) is 0 Å². The van der Waals surface area contributed by atoms with Crippen LogP contribution in [-0.4, -0.2) is 20.4 Å². The van der Waals surface area contributed by atoms with Gasteiger partial charge >= 0.3 is 9.41 Å². The minimum absolute atomic E-state index is 0. The first kappa shape index (κ1) is 9.47. The monoisotopic (exact) mass is 136 g/mol. The van der Waals surface area contributed by atoms with Crippen LogP contribution >= 0.6 is 0 Å². The van der Waals surface area contributed by atoms with Gasteiger partial charge in [0, 0.05) is 0 Å². The van der Waals surface area contributed by atoms with Gasteiger partial charge in [-0.15, -0.1) is 0 Å². The SMILES string of the molecule is F[Si](F)(F)F.[SiH4]. The average molecular weight is 136 g/mol. The normalized spacial score (nSPS) is 10.0. The van der Waals surface area contributed by atoms with Crippen LogP contribution in [0.25, 0.3) is 0 Å². The lowest BCUT2D eigenvalue weighted by atomic mass is 18.6. The molecule has 0 heterocycles. The molecule has 0 saturated carbocycles. The van der Waals surface area contributed by atoms with Crippen molar-refractivity contribution in [2.45, 2.75) is 0 Å². The van der Waals surface area contributed by atoms with Crippen molar-refractivity contribution < 1.29 is 16.4 Å². The van der Waals surface area contributed by atoms with Gasteiger partial charge in [-0.25, -0.2) is 16.4 Å². The molecule has 0 aromatic carbocycles. The van der Waals surface area contributed by atoms with E-state index in [-0.39, 0.29) is 11.0 Å². The van der Waals surface area contributed by atoms with E-state index in [4.69, 9.17) is 0 Å². The first-order valence-corrected chi connectivity index (χ1v) is 2.27. The second-order valence-corrected chi connectivity index (χ2v) is 1.29. The van der Waals surface area contributed by atoms with Gasteiger partial charge in [0.2, 0.25) is 0 Å². The summed E-state index contributed by atoms with van der Waals surface area (Å²) in [7, 11) is -6.61. The van der Waals surface area contributed by atoms with Gasteiger partial charge in [-0.3, -0.25) is 0 Å². The van der Waals surface area contributed by atoms with E-state index in [2.05, 4.69) is 0 Å². The maximum Gasteiger partial charge on any atom is 0.844 e. The summed E-state index contributed by atoms with van der Waals surface area (Å²) >= 11 is 0. The molecule has 0 aromatic heterocycles. The molecule has 0 unspecified atom stereocenters. The van der Waals surface area contributed by atoms with E-state index >= 15 is 0 Å². The van der Waals surface area contributed by atoms with Gasteiger partial charge in [-0.2, -0.15) is 0 Å². The fourth-order valence-electron chi connectivity index (χ4n) is 0. The summed E-state index contributed by atoms with van der Waals surface area (Å²) in [6.07, 6.45) is 0. The van der Waals surface area contributed by atoms with Crippen molar-refractivity contribution in [1.82, 2.24) is 0 Å². The maximum atomic E-state index is 9.83. The van der Waals surface area contributed by atoms with Crippen molar-refractivity contribution in [3.8, 4) is 0 Å². The number of halogens is 4. The van der Waals surface area contributed by atoms with E-state index in [0.29, 0.717) is 0 Å². The molecule has 0 aliphatic carbocycles. The largest absolute Gasteiger partial charge is 0.844 e. The Morgan fingerprint density at radius 3 is 0.833 bits per heavy atom. The zero-order chi connectivity index (χ0) is 4.50. The molecule has 0 fully saturated rings. The van der Waals surface area contributed by atoms with Crippen molar-refractivity contribution in [3.05, 3.63) is 0 Å². The van der Waals surface area contributed by atoms with Crippen molar-refractivity contribution in [2.75, 3.05) is 0 Å². The summed E-state index contributed by atoms with van der Waals surface area (Å²) in [5, 5.41) is 0. The molecular formula is H4F4Si2. The van der Waals surface area contributed by atoms with E-state index in [1.165, 1.54) is 0 Å². The summed E-state index contributed by atoms with van der Waals surface area (Å²) in [4.78, 5) is 0. The molecule has 0 N–H and O–H groups in total. The van der Waals surface area contributed by atoms with Crippen LogP contribution in [-0.2, 0) is 0 Å². The Kier molecular flexibility index (Phi) is 3.71. The highest BCUT2D eigenvalue weighted by Gasteiger charge is 2.39. The Balaban J connectivity index is 0. The van der Waals surface area contributed by atoms with Gasteiger partial charge in [-0.05, 0) is 11.0 Å². The van der Waals surface area contributed by atoms with E-state index < -0.39 is 9.41 Å². The Hall–Kier alpha value is 0.154. The first-order valence-electron chi connectivity index (χ1n) is 0.756. The molecule has 0 spiro atoms. The Bertz CT molecular complexity index is 21.0. The molecule has 0 amide bonds. The first-order chi connectivity index (χ1) is 2.00. The molecule has 0 atom stereocenters. The highest BCUT2D eigenvalue weighted by Crippen LogP contribution is 2.06. The standard InChI is InChI=1S/F4Si.H4Si/c1-5(2,3)4;/h;1H4. The van der Waals surface area contributed by atoms with E-state index in [9.17, 15) is 16.4 Å². The fraction of sp³-hybridized carbons (Fsp3) is 0. The summed E-state index contributed by atoms with van der Waals surface area (Å²) in [5.41, 5.74) is 0. The lowest BCUT2D eigenvalue weighted by Crippen LogP contribution is -2.02. The van der Waals surface area contributed by atoms with Gasteiger partial charge in [0.25, 0.3) is 0 Å². The molecule has 0 saturated heterocycles. The predicted octanol–water partition coefficient (Wildman–Crippen LogP) is -0.152. The maximum absolute atomic E-state index is 9.83. The summed E-state index contributed by atoms with van der Waals surface area (Å²) in [6.45, 7) is 0. The summed E-state index contributed by atoms with van der Waals surface area (Å²) in [5.74, 6) is 0. The molecule has 0 rings (SSSR count). The van der Waals surface area contributed by atoms with Gasteiger partial charge in [0.15, 0.2) is 0 Å². The van der Waals surface area contributed by atoms with Crippen molar-refractivity contribution in [3.63, 3.8) is 0 Å². The molecule has 40 valence electrons. The molecule has 0 aromatic rings. The topological polar surface area (TPSA) is 0 Å². The Morgan fingerprint density at radius 2 is 0.833 bits per heavy atom. The quantitative estimate of drug-likeness (QED) is 0.247. The third-order valence-electron chi connectivity index (χ3n) is 0. The zero-order valence-corrected chi connectivity index (χ0v) is 3.01. The van der Waals surface area contributed by atoms with Gasteiger partial charge in [-0.1, -0.05) is 0 Å². The van der Waals surface area contributed by atoms with E-state index in [1.807, 2.05) is 0 Å². The van der Waals surface area contributed by atoms with Crippen LogP contribution in [0.1, 0.15) is 0 Å². The third kappa shape index (κ3) is 1750.